The van der Waals surface area contributed by atoms with Gasteiger partial charge < -0.3 is 15.8 Å². The molecule has 15 heavy (non-hydrogen) atoms. The molecule has 0 aliphatic heterocycles. The van der Waals surface area contributed by atoms with Crippen LogP contribution in [0.15, 0.2) is 0 Å². The molecule has 90 valence electrons. The van der Waals surface area contributed by atoms with Gasteiger partial charge in [-0.2, -0.15) is 0 Å². The van der Waals surface area contributed by atoms with Crippen LogP contribution in [0.2, 0.25) is 0 Å². The van der Waals surface area contributed by atoms with Gasteiger partial charge in [-0.3, -0.25) is 0 Å². The fourth-order valence-electron chi connectivity index (χ4n) is 2.01. The highest BCUT2D eigenvalue weighted by molar-refractivity contribution is 4.94. The fraction of sp³-hybridized carbons (Fsp3) is 1.00. The zero-order valence-electron chi connectivity index (χ0n) is 10.2. The maximum absolute atomic E-state index is 5.95. The van der Waals surface area contributed by atoms with Gasteiger partial charge in [0.2, 0.25) is 0 Å². The maximum atomic E-state index is 5.95. The lowest BCUT2D eigenvalue weighted by Crippen LogP contribution is -2.36. The molecule has 1 aliphatic carbocycles. The lowest BCUT2D eigenvalue weighted by Gasteiger charge is -2.17. The highest BCUT2D eigenvalue weighted by atomic mass is 16.5. The van der Waals surface area contributed by atoms with Crippen molar-refractivity contribution in [3.8, 4) is 0 Å². The molecule has 0 aromatic heterocycles. The van der Waals surface area contributed by atoms with Crippen molar-refractivity contribution < 1.29 is 4.74 Å². The summed E-state index contributed by atoms with van der Waals surface area (Å²) in [5.74, 6) is 0. The molecule has 0 heterocycles. The Labute approximate surface area is 93.8 Å². The zero-order chi connectivity index (χ0) is 11.1. The van der Waals surface area contributed by atoms with E-state index in [-0.39, 0.29) is 0 Å². The van der Waals surface area contributed by atoms with Crippen LogP contribution >= 0.6 is 0 Å². The van der Waals surface area contributed by atoms with Gasteiger partial charge in [-0.05, 0) is 31.1 Å². The standard InChI is InChI=1S/C12H26N2O/c1-3-4-11(13)9-14-10-12(5-6-12)7-8-15-2/h11,14H,3-10,13H2,1-2H3. The van der Waals surface area contributed by atoms with Crippen molar-refractivity contribution in [2.45, 2.75) is 45.1 Å². The van der Waals surface area contributed by atoms with E-state index in [0.717, 1.165) is 26.1 Å². The van der Waals surface area contributed by atoms with E-state index in [1.807, 2.05) is 0 Å². The van der Waals surface area contributed by atoms with Crippen LogP contribution in [0.5, 0.6) is 0 Å². The first-order valence-corrected chi connectivity index (χ1v) is 6.18. The molecular formula is C12H26N2O. The molecule has 1 saturated carbocycles. The van der Waals surface area contributed by atoms with Crippen LogP contribution in [0.25, 0.3) is 0 Å². The van der Waals surface area contributed by atoms with Crippen LogP contribution in [0, 0.1) is 5.41 Å². The summed E-state index contributed by atoms with van der Waals surface area (Å²) in [6, 6.07) is 0.327. The van der Waals surface area contributed by atoms with Crippen LogP contribution in [0.1, 0.15) is 39.0 Å². The number of hydrogen-bond donors (Lipinski definition) is 2. The van der Waals surface area contributed by atoms with E-state index < -0.39 is 0 Å². The highest BCUT2D eigenvalue weighted by Gasteiger charge is 2.41. The first kappa shape index (κ1) is 12.9. The van der Waals surface area contributed by atoms with Crippen LogP contribution in [-0.4, -0.2) is 32.8 Å². The lowest BCUT2D eigenvalue weighted by molar-refractivity contribution is 0.171. The Kier molecular flexibility index (Phi) is 5.58. The molecule has 1 rings (SSSR count). The third-order valence-electron chi connectivity index (χ3n) is 3.36. The Hall–Kier alpha value is -0.120. The van der Waals surface area contributed by atoms with Gasteiger partial charge in [0, 0.05) is 32.8 Å². The van der Waals surface area contributed by atoms with Crippen LogP contribution in [-0.2, 0) is 4.74 Å². The smallest absolute Gasteiger partial charge is 0.0468 e. The van der Waals surface area contributed by atoms with Crippen LogP contribution in [0.4, 0.5) is 0 Å². The molecule has 1 fully saturated rings. The summed E-state index contributed by atoms with van der Waals surface area (Å²) in [5.41, 5.74) is 6.49. The van der Waals surface area contributed by atoms with Gasteiger partial charge in [0.15, 0.2) is 0 Å². The first-order chi connectivity index (χ1) is 7.22. The number of nitrogens with two attached hydrogens (primary N) is 1. The van der Waals surface area contributed by atoms with E-state index in [1.54, 1.807) is 7.11 Å². The molecule has 0 saturated heterocycles. The minimum Gasteiger partial charge on any atom is -0.385 e. The van der Waals surface area contributed by atoms with Gasteiger partial charge in [-0.1, -0.05) is 13.3 Å². The molecule has 3 N–H and O–H groups in total. The van der Waals surface area contributed by atoms with E-state index in [0.29, 0.717) is 11.5 Å². The van der Waals surface area contributed by atoms with Crippen molar-refractivity contribution in [1.29, 1.82) is 0 Å². The summed E-state index contributed by atoms with van der Waals surface area (Å²) in [5, 5.41) is 3.50. The van der Waals surface area contributed by atoms with Gasteiger partial charge in [-0.25, -0.2) is 0 Å². The number of ether oxygens (including phenoxy) is 1. The van der Waals surface area contributed by atoms with E-state index in [1.165, 1.54) is 25.7 Å². The van der Waals surface area contributed by atoms with Gasteiger partial charge in [0.25, 0.3) is 0 Å². The summed E-state index contributed by atoms with van der Waals surface area (Å²) in [6.07, 6.45) is 6.20. The van der Waals surface area contributed by atoms with Crippen molar-refractivity contribution >= 4 is 0 Å². The SMILES string of the molecule is CCCC(N)CNCC1(CCOC)CC1. The van der Waals surface area contributed by atoms with Gasteiger partial charge >= 0.3 is 0 Å². The number of methoxy groups -OCH3 is 1. The number of nitrogens with one attached hydrogen (secondary N) is 1. The van der Waals surface area contributed by atoms with Crippen molar-refractivity contribution in [3.63, 3.8) is 0 Å². The summed E-state index contributed by atoms with van der Waals surface area (Å²) in [4.78, 5) is 0. The second-order valence-electron chi connectivity index (χ2n) is 4.92. The molecule has 1 atom stereocenters. The summed E-state index contributed by atoms with van der Waals surface area (Å²) in [6.45, 7) is 5.15. The van der Waals surface area contributed by atoms with Crippen molar-refractivity contribution in [1.82, 2.24) is 5.32 Å². The zero-order valence-corrected chi connectivity index (χ0v) is 10.2. The topological polar surface area (TPSA) is 47.3 Å². The Bertz CT molecular complexity index is 169. The lowest BCUT2D eigenvalue weighted by atomic mass is 10.0. The van der Waals surface area contributed by atoms with E-state index in [2.05, 4.69) is 12.2 Å². The Morgan fingerprint density at radius 3 is 2.73 bits per heavy atom. The largest absolute Gasteiger partial charge is 0.385 e. The Morgan fingerprint density at radius 1 is 1.47 bits per heavy atom. The summed E-state index contributed by atoms with van der Waals surface area (Å²) < 4.78 is 5.13. The van der Waals surface area contributed by atoms with Gasteiger partial charge in [0.05, 0.1) is 0 Å². The summed E-state index contributed by atoms with van der Waals surface area (Å²) in [7, 11) is 1.78. The third-order valence-corrected chi connectivity index (χ3v) is 3.36. The molecule has 0 spiro atoms. The molecule has 3 heteroatoms. The molecule has 0 bridgehead atoms. The molecule has 1 unspecified atom stereocenters. The predicted molar refractivity (Wildman–Crippen MR) is 63.9 cm³/mol. The summed E-state index contributed by atoms with van der Waals surface area (Å²) >= 11 is 0. The minimum absolute atomic E-state index is 0.327. The first-order valence-electron chi connectivity index (χ1n) is 6.18. The van der Waals surface area contributed by atoms with Crippen molar-refractivity contribution in [3.05, 3.63) is 0 Å². The molecule has 0 aromatic carbocycles. The molecule has 1 aliphatic rings. The quantitative estimate of drug-likeness (QED) is 0.612. The Balaban J connectivity index is 2.04. The van der Waals surface area contributed by atoms with E-state index in [4.69, 9.17) is 10.5 Å². The third kappa shape index (κ3) is 4.96. The van der Waals surface area contributed by atoms with E-state index >= 15 is 0 Å². The average molecular weight is 214 g/mol. The van der Waals surface area contributed by atoms with E-state index in [9.17, 15) is 0 Å². The minimum atomic E-state index is 0.327. The Morgan fingerprint density at radius 2 is 2.20 bits per heavy atom. The maximum Gasteiger partial charge on any atom is 0.0468 e. The second-order valence-corrected chi connectivity index (χ2v) is 4.92. The molecular weight excluding hydrogens is 188 g/mol. The van der Waals surface area contributed by atoms with Gasteiger partial charge in [-0.15, -0.1) is 0 Å². The molecule has 0 radical (unpaired) electrons. The normalized spacial score (nSPS) is 20.2. The fourth-order valence-corrected chi connectivity index (χ4v) is 2.01. The van der Waals surface area contributed by atoms with Gasteiger partial charge in [0.1, 0.15) is 0 Å². The van der Waals surface area contributed by atoms with Crippen LogP contribution in [0.3, 0.4) is 0 Å². The second kappa shape index (κ2) is 6.46. The van der Waals surface area contributed by atoms with Crippen molar-refractivity contribution in [2.24, 2.45) is 11.1 Å². The highest BCUT2D eigenvalue weighted by Crippen LogP contribution is 2.48. The molecule has 0 amide bonds. The molecule has 3 nitrogen and oxygen atoms in total. The monoisotopic (exact) mass is 214 g/mol. The number of hydrogen-bond acceptors (Lipinski definition) is 3. The van der Waals surface area contributed by atoms with Crippen LogP contribution < -0.4 is 11.1 Å². The van der Waals surface area contributed by atoms with Crippen molar-refractivity contribution in [2.75, 3.05) is 26.8 Å². The number of rotatable bonds is 9. The molecule has 0 aromatic rings. The average Bonchev–Trinajstić information content (AvgIpc) is 2.96. The predicted octanol–water partition coefficient (Wildman–Crippen LogP) is 1.52.